The maximum Gasteiger partial charge on any atom is 0.332 e. The minimum atomic E-state index is -0.832. The molecule has 15 heavy (non-hydrogen) atoms. The molecule has 0 aliphatic carbocycles. The molecular formula is C10H15N3O2. The number of nitrogens with one attached hydrogen (secondary N) is 2. The molecule has 0 spiro atoms. The van der Waals surface area contributed by atoms with Crippen LogP contribution in [-0.4, -0.2) is 29.1 Å². The number of carbonyl (C=O) groups is 1. The monoisotopic (exact) mass is 209 g/mol. The van der Waals surface area contributed by atoms with Gasteiger partial charge in [0.15, 0.2) is 5.54 Å². The molecule has 1 aliphatic heterocycles. The number of rotatable bonds is 1. The summed E-state index contributed by atoms with van der Waals surface area (Å²) >= 11 is 0. The molecule has 2 atom stereocenters. The van der Waals surface area contributed by atoms with Crippen molar-refractivity contribution in [3.05, 3.63) is 17.7 Å². The molecule has 0 radical (unpaired) electrons. The van der Waals surface area contributed by atoms with E-state index in [1.54, 1.807) is 13.3 Å². The Morgan fingerprint density at radius 1 is 1.73 bits per heavy atom. The van der Waals surface area contributed by atoms with Gasteiger partial charge in [0.2, 0.25) is 0 Å². The zero-order valence-corrected chi connectivity index (χ0v) is 9.13. The second kappa shape index (κ2) is 3.34. The number of H-pyrrole nitrogens is 1. The zero-order valence-electron chi connectivity index (χ0n) is 9.13. The van der Waals surface area contributed by atoms with Gasteiger partial charge in [0.25, 0.3) is 0 Å². The van der Waals surface area contributed by atoms with E-state index in [9.17, 15) is 4.79 Å². The number of methoxy groups -OCH3 is 1. The summed E-state index contributed by atoms with van der Waals surface area (Å²) in [6.07, 6.45) is 2.47. The van der Waals surface area contributed by atoms with Gasteiger partial charge in [-0.2, -0.15) is 0 Å². The van der Waals surface area contributed by atoms with Crippen molar-refractivity contribution in [3.8, 4) is 0 Å². The lowest BCUT2D eigenvalue weighted by molar-refractivity contribution is -0.149. The molecule has 0 saturated heterocycles. The SMILES string of the molecule is COC(=O)[C@]1(C)N[C@H](C)Cc2[nH]cnc21. The van der Waals surface area contributed by atoms with Gasteiger partial charge in [-0.3, -0.25) is 5.32 Å². The van der Waals surface area contributed by atoms with Gasteiger partial charge in [-0.1, -0.05) is 0 Å². The standard InChI is InChI=1S/C10H15N3O2/c1-6-4-7-8(12-5-11-7)10(2,13-6)9(14)15-3/h5-6,13H,4H2,1-3H3,(H,11,12)/t6-,10-/m1/s1. The summed E-state index contributed by atoms with van der Waals surface area (Å²) in [7, 11) is 1.39. The second-order valence-electron chi connectivity index (χ2n) is 4.10. The summed E-state index contributed by atoms with van der Waals surface area (Å²) < 4.78 is 4.81. The number of aromatic amines is 1. The van der Waals surface area contributed by atoms with Crippen LogP contribution in [0.4, 0.5) is 0 Å². The lowest BCUT2D eigenvalue weighted by atomic mass is 9.88. The molecular weight excluding hydrogens is 194 g/mol. The van der Waals surface area contributed by atoms with Crippen molar-refractivity contribution in [1.29, 1.82) is 0 Å². The first-order valence-electron chi connectivity index (χ1n) is 4.96. The average Bonchev–Trinajstić information content (AvgIpc) is 2.64. The quantitative estimate of drug-likeness (QED) is 0.654. The van der Waals surface area contributed by atoms with Crippen LogP contribution in [0.25, 0.3) is 0 Å². The Kier molecular flexibility index (Phi) is 2.26. The van der Waals surface area contributed by atoms with Crippen LogP contribution < -0.4 is 5.32 Å². The Hall–Kier alpha value is -1.36. The Morgan fingerprint density at radius 3 is 3.13 bits per heavy atom. The fraction of sp³-hybridized carbons (Fsp3) is 0.600. The van der Waals surface area contributed by atoms with Gasteiger partial charge in [0.05, 0.1) is 19.1 Å². The molecule has 0 unspecified atom stereocenters. The zero-order chi connectivity index (χ0) is 11.1. The van der Waals surface area contributed by atoms with Crippen LogP contribution in [-0.2, 0) is 21.5 Å². The fourth-order valence-electron chi connectivity index (χ4n) is 2.19. The highest BCUT2D eigenvalue weighted by Crippen LogP contribution is 2.28. The Bertz CT molecular complexity index is 388. The molecule has 2 rings (SSSR count). The van der Waals surface area contributed by atoms with Crippen molar-refractivity contribution in [1.82, 2.24) is 15.3 Å². The van der Waals surface area contributed by atoms with Gasteiger partial charge in [0, 0.05) is 18.2 Å². The predicted octanol–water partition coefficient (Wildman–Crippen LogP) is 0.332. The van der Waals surface area contributed by atoms with E-state index in [4.69, 9.17) is 4.74 Å². The number of ether oxygens (including phenoxy) is 1. The van der Waals surface area contributed by atoms with Crippen molar-refractivity contribution in [3.63, 3.8) is 0 Å². The van der Waals surface area contributed by atoms with Crippen LogP contribution in [0.1, 0.15) is 25.2 Å². The van der Waals surface area contributed by atoms with Gasteiger partial charge in [0.1, 0.15) is 0 Å². The van der Waals surface area contributed by atoms with E-state index in [0.29, 0.717) is 0 Å². The summed E-state index contributed by atoms with van der Waals surface area (Å²) in [5.74, 6) is -0.303. The van der Waals surface area contributed by atoms with E-state index in [0.717, 1.165) is 17.8 Å². The third-order valence-corrected chi connectivity index (χ3v) is 2.83. The first-order valence-corrected chi connectivity index (χ1v) is 4.96. The molecule has 5 heteroatoms. The number of imidazole rings is 1. The normalized spacial score (nSPS) is 29.7. The van der Waals surface area contributed by atoms with Gasteiger partial charge in [-0.25, -0.2) is 9.78 Å². The fourth-order valence-corrected chi connectivity index (χ4v) is 2.19. The van der Waals surface area contributed by atoms with Crippen molar-refractivity contribution >= 4 is 5.97 Å². The number of fused-ring (bicyclic) bond motifs is 1. The van der Waals surface area contributed by atoms with Crippen LogP contribution >= 0.6 is 0 Å². The molecule has 0 amide bonds. The summed E-state index contributed by atoms with van der Waals surface area (Å²) in [5, 5.41) is 3.23. The molecule has 1 aromatic rings. The third-order valence-electron chi connectivity index (χ3n) is 2.83. The molecule has 0 aromatic carbocycles. The lowest BCUT2D eigenvalue weighted by Crippen LogP contribution is -2.55. The molecule has 2 N–H and O–H groups in total. The van der Waals surface area contributed by atoms with Crippen LogP contribution in [0.3, 0.4) is 0 Å². The lowest BCUT2D eigenvalue weighted by Gasteiger charge is -2.34. The Labute approximate surface area is 88.2 Å². The third kappa shape index (κ3) is 1.43. The highest BCUT2D eigenvalue weighted by molar-refractivity contribution is 5.82. The highest BCUT2D eigenvalue weighted by atomic mass is 16.5. The van der Waals surface area contributed by atoms with E-state index in [2.05, 4.69) is 15.3 Å². The summed E-state index contributed by atoms with van der Waals surface area (Å²) in [6.45, 7) is 3.83. The smallest absolute Gasteiger partial charge is 0.332 e. The average molecular weight is 209 g/mol. The number of nitrogens with zero attached hydrogens (tertiary/aromatic N) is 1. The van der Waals surface area contributed by atoms with Crippen molar-refractivity contribution in [2.45, 2.75) is 31.8 Å². The minimum Gasteiger partial charge on any atom is -0.467 e. The Morgan fingerprint density at radius 2 is 2.47 bits per heavy atom. The topological polar surface area (TPSA) is 67.0 Å². The first-order chi connectivity index (χ1) is 7.08. The van der Waals surface area contributed by atoms with E-state index < -0.39 is 5.54 Å². The molecule has 1 aromatic heterocycles. The molecule has 1 aliphatic rings. The van der Waals surface area contributed by atoms with Gasteiger partial charge in [-0.15, -0.1) is 0 Å². The van der Waals surface area contributed by atoms with E-state index in [1.165, 1.54) is 7.11 Å². The van der Waals surface area contributed by atoms with Gasteiger partial charge >= 0.3 is 5.97 Å². The molecule has 0 fully saturated rings. The van der Waals surface area contributed by atoms with Crippen molar-refractivity contribution < 1.29 is 9.53 Å². The number of aromatic nitrogens is 2. The summed E-state index contributed by atoms with van der Waals surface area (Å²) in [5.41, 5.74) is 0.920. The van der Waals surface area contributed by atoms with Crippen LogP contribution in [0.15, 0.2) is 6.33 Å². The maximum atomic E-state index is 11.8. The largest absolute Gasteiger partial charge is 0.467 e. The van der Waals surface area contributed by atoms with Crippen molar-refractivity contribution in [2.75, 3.05) is 7.11 Å². The highest BCUT2D eigenvalue weighted by Gasteiger charge is 2.44. The summed E-state index contributed by atoms with van der Waals surface area (Å²) in [6, 6.07) is 0.224. The van der Waals surface area contributed by atoms with Crippen LogP contribution in [0, 0.1) is 0 Å². The van der Waals surface area contributed by atoms with Crippen LogP contribution in [0.5, 0.6) is 0 Å². The predicted molar refractivity (Wildman–Crippen MR) is 54.3 cm³/mol. The van der Waals surface area contributed by atoms with Gasteiger partial charge in [-0.05, 0) is 13.8 Å². The van der Waals surface area contributed by atoms with E-state index in [1.807, 2.05) is 6.92 Å². The molecule has 2 heterocycles. The Balaban J connectivity index is 2.47. The maximum absolute atomic E-state index is 11.8. The molecule has 0 bridgehead atoms. The number of hydrogen-bond donors (Lipinski definition) is 2. The van der Waals surface area contributed by atoms with Gasteiger partial charge < -0.3 is 9.72 Å². The first kappa shape index (κ1) is 10.2. The van der Waals surface area contributed by atoms with E-state index in [-0.39, 0.29) is 12.0 Å². The minimum absolute atomic E-state index is 0.224. The molecule has 82 valence electrons. The van der Waals surface area contributed by atoms with E-state index >= 15 is 0 Å². The summed E-state index contributed by atoms with van der Waals surface area (Å²) in [4.78, 5) is 19.0. The number of hydrogen-bond acceptors (Lipinski definition) is 4. The second-order valence-corrected chi connectivity index (χ2v) is 4.10. The van der Waals surface area contributed by atoms with Crippen molar-refractivity contribution in [2.24, 2.45) is 0 Å². The number of carbonyl (C=O) groups excluding carboxylic acids is 1. The number of esters is 1. The molecule has 5 nitrogen and oxygen atoms in total. The molecule has 0 saturated carbocycles. The van der Waals surface area contributed by atoms with Crippen LogP contribution in [0.2, 0.25) is 0 Å².